The Morgan fingerprint density at radius 1 is 1.35 bits per heavy atom. The fourth-order valence-corrected chi connectivity index (χ4v) is 3.64. The highest BCUT2D eigenvalue weighted by atomic mass is 32.2. The molecule has 0 spiro atoms. The van der Waals surface area contributed by atoms with Gasteiger partial charge in [-0.05, 0) is 56.2 Å². The molecule has 0 saturated carbocycles. The van der Waals surface area contributed by atoms with Gasteiger partial charge in [-0.2, -0.15) is 9.50 Å². The Morgan fingerprint density at radius 3 is 2.90 bits per heavy atom. The van der Waals surface area contributed by atoms with Crippen LogP contribution in [0.5, 0.6) is 5.75 Å². The van der Waals surface area contributed by atoms with Gasteiger partial charge in [0.2, 0.25) is 0 Å². The number of amidine groups is 1. The summed E-state index contributed by atoms with van der Waals surface area (Å²) in [4.78, 5) is 8.51. The van der Waals surface area contributed by atoms with E-state index in [9.17, 15) is 0 Å². The Balaban J connectivity index is 1.57. The van der Waals surface area contributed by atoms with E-state index in [1.807, 2.05) is 23.9 Å². The molecule has 9 heteroatoms. The molecule has 0 bridgehead atoms. The first kappa shape index (κ1) is 22.9. The van der Waals surface area contributed by atoms with Crippen molar-refractivity contribution in [1.29, 1.82) is 0 Å². The predicted octanol–water partition coefficient (Wildman–Crippen LogP) is 4.05. The zero-order valence-electron chi connectivity index (χ0n) is 18.7. The van der Waals surface area contributed by atoms with E-state index in [0.717, 1.165) is 60.1 Å². The van der Waals surface area contributed by atoms with Crippen LogP contribution in [0.4, 0.5) is 5.69 Å². The summed E-state index contributed by atoms with van der Waals surface area (Å²) < 4.78 is 12.3. The highest BCUT2D eigenvalue weighted by Crippen LogP contribution is 2.27. The SMILES string of the molecule is C=N/C(=N\SCOc1cc(C)c(NC2=NCCCN2)cc1C)c1cnn(CC(C)C)c1. The average molecular weight is 442 g/mol. The molecule has 1 aliphatic heterocycles. The quantitative estimate of drug-likeness (QED) is 0.212. The van der Waals surface area contributed by atoms with E-state index >= 15 is 0 Å². The van der Waals surface area contributed by atoms with Crippen molar-refractivity contribution in [3.63, 3.8) is 0 Å². The molecule has 2 aromatic rings. The molecule has 0 aliphatic carbocycles. The normalized spacial score (nSPS) is 14.2. The van der Waals surface area contributed by atoms with Crippen LogP contribution in [0.1, 0.15) is 37.0 Å². The van der Waals surface area contributed by atoms with Crippen molar-refractivity contribution in [2.75, 3.05) is 24.3 Å². The van der Waals surface area contributed by atoms with E-state index in [-0.39, 0.29) is 0 Å². The first-order chi connectivity index (χ1) is 15.0. The summed E-state index contributed by atoms with van der Waals surface area (Å²) in [6.07, 6.45) is 4.78. The fraction of sp³-hybridized carbons (Fsp3) is 0.455. The highest BCUT2D eigenvalue weighted by molar-refractivity contribution is 7.98. The van der Waals surface area contributed by atoms with Crippen molar-refractivity contribution in [2.24, 2.45) is 20.3 Å². The Morgan fingerprint density at radius 2 is 2.19 bits per heavy atom. The molecule has 166 valence electrons. The molecular formula is C22H31N7OS. The smallest absolute Gasteiger partial charge is 0.195 e. The van der Waals surface area contributed by atoms with E-state index in [2.05, 4.69) is 63.7 Å². The standard InChI is InChI=1S/C22H31N7OS/c1-15(2)12-29-13-18(11-26-29)21(23-5)28-31-14-30-20-10-16(3)19(9-17(20)4)27-22-24-7-6-8-25-22/h9-11,13,15H,5-8,12,14H2,1-4H3,(H2,24,25,27)/b28-21-. The number of ether oxygens (including phenoxy) is 1. The lowest BCUT2D eigenvalue weighted by atomic mass is 10.1. The molecule has 1 aliphatic rings. The molecule has 0 saturated heterocycles. The largest absolute Gasteiger partial charge is 0.481 e. The van der Waals surface area contributed by atoms with Gasteiger partial charge in [-0.1, -0.05) is 13.8 Å². The maximum Gasteiger partial charge on any atom is 0.195 e. The van der Waals surface area contributed by atoms with Gasteiger partial charge >= 0.3 is 0 Å². The van der Waals surface area contributed by atoms with Gasteiger partial charge in [0.15, 0.2) is 17.7 Å². The van der Waals surface area contributed by atoms with Crippen LogP contribution < -0.4 is 15.4 Å². The van der Waals surface area contributed by atoms with Crippen LogP contribution in [-0.4, -0.2) is 47.3 Å². The van der Waals surface area contributed by atoms with E-state index in [4.69, 9.17) is 4.74 Å². The van der Waals surface area contributed by atoms with Gasteiger partial charge in [-0.15, -0.1) is 0 Å². The monoisotopic (exact) mass is 441 g/mol. The summed E-state index contributed by atoms with van der Waals surface area (Å²) in [7, 11) is 0. The first-order valence-electron chi connectivity index (χ1n) is 10.4. The highest BCUT2D eigenvalue weighted by Gasteiger charge is 2.10. The molecule has 0 radical (unpaired) electrons. The lowest BCUT2D eigenvalue weighted by Gasteiger charge is -2.18. The number of anilines is 1. The first-order valence-corrected chi connectivity index (χ1v) is 11.4. The maximum absolute atomic E-state index is 5.95. The number of rotatable bonds is 8. The van der Waals surface area contributed by atoms with Crippen LogP contribution in [-0.2, 0) is 6.54 Å². The van der Waals surface area contributed by atoms with Crippen molar-refractivity contribution < 1.29 is 4.74 Å². The zero-order chi connectivity index (χ0) is 22.2. The summed E-state index contributed by atoms with van der Waals surface area (Å²) in [5.41, 5.74) is 4.02. The van der Waals surface area contributed by atoms with E-state index in [1.165, 1.54) is 11.9 Å². The van der Waals surface area contributed by atoms with Gasteiger partial charge in [-0.3, -0.25) is 9.67 Å². The van der Waals surface area contributed by atoms with Crippen LogP contribution >= 0.6 is 11.9 Å². The van der Waals surface area contributed by atoms with Crippen LogP contribution in [0.2, 0.25) is 0 Å². The number of aryl methyl sites for hydroxylation is 2. The molecule has 2 N–H and O–H groups in total. The average Bonchev–Trinajstić information content (AvgIpc) is 3.19. The van der Waals surface area contributed by atoms with Gasteiger partial charge in [0.05, 0.1) is 11.8 Å². The molecule has 2 heterocycles. The maximum atomic E-state index is 5.95. The summed E-state index contributed by atoms with van der Waals surface area (Å²) in [6.45, 7) is 14.7. The molecule has 31 heavy (non-hydrogen) atoms. The number of aliphatic imine (C=N–C) groups is 2. The third kappa shape index (κ3) is 6.58. The second-order valence-electron chi connectivity index (χ2n) is 7.88. The van der Waals surface area contributed by atoms with E-state index < -0.39 is 0 Å². The van der Waals surface area contributed by atoms with Crippen LogP contribution in [0, 0.1) is 19.8 Å². The molecule has 0 atom stereocenters. The number of benzene rings is 1. The topological polar surface area (TPSA) is 88.2 Å². The van der Waals surface area contributed by atoms with Gasteiger partial charge in [0.25, 0.3) is 0 Å². The van der Waals surface area contributed by atoms with Crippen LogP contribution in [0.3, 0.4) is 0 Å². The van der Waals surface area contributed by atoms with E-state index in [1.54, 1.807) is 6.20 Å². The molecule has 3 rings (SSSR count). The second-order valence-corrected chi connectivity index (χ2v) is 8.55. The molecule has 0 amide bonds. The zero-order valence-corrected chi connectivity index (χ0v) is 19.5. The van der Waals surface area contributed by atoms with Crippen molar-refractivity contribution in [2.45, 2.75) is 40.7 Å². The molecular weight excluding hydrogens is 410 g/mol. The minimum Gasteiger partial charge on any atom is -0.481 e. The van der Waals surface area contributed by atoms with Crippen LogP contribution in [0.15, 0.2) is 38.9 Å². The lowest BCUT2D eigenvalue weighted by molar-refractivity contribution is 0.390. The summed E-state index contributed by atoms with van der Waals surface area (Å²) in [6, 6.07) is 4.12. The molecule has 0 unspecified atom stereocenters. The fourth-order valence-electron chi connectivity index (χ4n) is 3.13. The molecule has 1 aromatic heterocycles. The summed E-state index contributed by atoms with van der Waals surface area (Å²) in [5, 5.41) is 11.0. The number of guanidine groups is 1. The van der Waals surface area contributed by atoms with Crippen molar-refractivity contribution in [1.82, 2.24) is 15.1 Å². The minimum atomic E-state index is 0.375. The van der Waals surface area contributed by atoms with Gasteiger partial charge in [0.1, 0.15) is 5.75 Å². The third-order valence-corrected chi connectivity index (χ3v) is 5.21. The Kier molecular flexibility index (Phi) is 8.11. The van der Waals surface area contributed by atoms with Crippen molar-refractivity contribution in [3.05, 3.63) is 41.2 Å². The Bertz CT molecular complexity index is 965. The van der Waals surface area contributed by atoms with Crippen molar-refractivity contribution in [3.8, 4) is 5.75 Å². The third-order valence-electron chi connectivity index (χ3n) is 4.68. The second kappa shape index (κ2) is 11.0. The number of aromatic nitrogens is 2. The molecule has 1 aromatic carbocycles. The lowest BCUT2D eigenvalue weighted by Crippen LogP contribution is -2.35. The van der Waals surface area contributed by atoms with E-state index in [0.29, 0.717) is 17.7 Å². The number of hydrogen-bond acceptors (Lipinski definition) is 7. The molecule has 0 fully saturated rings. The number of nitrogens with one attached hydrogen (secondary N) is 2. The minimum absolute atomic E-state index is 0.375. The van der Waals surface area contributed by atoms with Crippen molar-refractivity contribution >= 4 is 36.1 Å². The van der Waals surface area contributed by atoms with Gasteiger partial charge < -0.3 is 15.4 Å². The van der Waals surface area contributed by atoms with Gasteiger partial charge in [0, 0.05) is 43.5 Å². The van der Waals surface area contributed by atoms with Crippen LogP contribution in [0.25, 0.3) is 0 Å². The number of hydrogen-bond donors (Lipinski definition) is 2. The molecule has 8 nitrogen and oxygen atoms in total. The Hall–Kier alpha value is -2.81. The Labute approximate surface area is 188 Å². The predicted molar refractivity (Wildman–Crippen MR) is 131 cm³/mol. The summed E-state index contributed by atoms with van der Waals surface area (Å²) >= 11 is 1.30. The van der Waals surface area contributed by atoms with Gasteiger partial charge in [-0.25, -0.2) is 4.99 Å². The number of nitrogens with zero attached hydrogens (tertiary/aromatic N) is 5. The summed E-state index contributed by atoms with van der Waals surface area (Å²) in [5.74, 6) is 3.11.